The molecule has 0 bridgehead atoms. The Morgan fingerprint density at radius 2 is 2.10 bits per heavy atom. The summed E-state index contributed by atoms with van der Waals surface area (Å²) in [5.41, 5.74) is 0.762. The third-order valence-electron chi connectivity index (χ3n) is 2.94. The van der Waals surface area contributed by atoms with Gasteiger partial charge in [-0.1, -0.05) is 18.2 Å². The van der Waals surface area contributed by atoms with Crippen molar-refractivity contribution in [2.75, 3.05) is 7.05 Å². The van der Waals surface area contributed by atoms with Crippen molar-refractivity contribution in [2.24, 2.45) is 0 Å². The molecular weight excluding hydrogens is 254 g/mol. The first-order chi connectivity index (χ1) is 9.63. The number of benzene rings is 1. The van der Waals surface area contributed by atoms with Crippen LogP contribution in [0.3, 0.4) is 0 Å². The quantitative estimate of drug-likeness (QED) is 0.908. The highest BCUT2D eigenvalue weighted by molar-refractivity contribution is 5.35. The van der Waals surface area contributed by atoms with Gasteiger partial charge >= 0.3 is 5.56 Å². The summed E-state index contributed by atoms with van der Waals surface area (Å²) in [6, 6.07) is 7.67. The first kappa shape index (κ1) is 14.3. The van der Waals surface area contributed by atoms with E-state index in [1.54, 1.807) is 17.0 Å². The van der Waals surface area contributed by atoms with Crippen molar-refractivity contribution in [1.29, 1.82) is 0 Å². The monoisotopic (exact) mass is 273 g/mol. The van der Waals surface area contributed by atoms with Gasteiger partial charge in [-0.05, 0) is 27.0 Å². The lowest BCUT2D eigenvalue weighted by Gasteiger charge is -2.12. The van der Waals surface area contributed by atoms with E-state index in [0.717, 1.165) is 5.56 Å². The average molecular weight is 273 g/mol. The van der Waals surface area contributed by atoms with Crippen LogP contribution in [0.2, 0.25) is 0 Å². The van der Waals surface area contributed by atoms with Gasteiger partial charge in [-0.25, -0.2) is 4.98 Å². The van der Waals surface area contributed by atoms with Gasteiger partial charge in [-0.2, -0.15) is 0 Å². The second-order valence-corrected chi connectivity index (χ2v) is 4.78. The molecule has 0 saturated carbocycles. The Labute approximate surface area is 118 Å². The summed E-state index contributed by atoms with van der Waals surface area (Å²) in [4.78, 5) is 16.3. The van der Waals surface area contributed by atoms with Crippen LogP contribution in [0.4, 0.5) is 0 Å². The summed E-state index contributed by atoms with van der Waals surface area (Å²) >= 11 is 0. The van der Waals surface area contributed by atoms with Crippen LogP contribution in [0.15, 0.2) is 41.5 Å². The lowest BCUT2D eigenvalue weighted by atomic mass is 10.2. The van der Waals surface area contributed by atoms with E-state index in [9.17, 15) is 4.79 Å². The van der Waals surface area contributed by atoms with Crippen molar-refractivity contribution >= 4 is 0 Å². The third kappa shape index (κ3) is 3.05. The van der Waals surface area contributed by atoms with Crippen molar-refractivity contribution in [1.82, 2.24) is 14.9 Å². The number of rotatable bonds is 5. The summed E-state index contributed by atoms with van der Waals surface area (Å²) in [5.74, 6) is 0.748. The predicted octanol–water partition coefficient (Wildman–Crippen LogP) is 2.34. The van der Waals surface area contributed by atoms with Crippen molar-refractivity contribution in [2.45, 2.75) is 26.4 Å². The predicted molar refractivity (Wildman–Crippen MR) is 78.2 cm³/mol. The summed E-state index contributed by atoms with van der Waals surface area (Å²) in [5, 5.41) is 3.07. The number of nitrogens with one attached hydrogen (secondary N) is 1. The number of ether oxygens (including phenoxy) is 1. The molecule has 1 heterocycles. The van der Waals surface area contributed by atoms with Crippen LogP contribution < -0.4 is 15.6 Å². The van der Waals surface area contributed by atoms with E-state index in [0.29, 0.717) is 12.3 Å². The Bertz CT molecular complexity index is 635. The number of hydrogen-bond acceptors (Lipinski definition) is 4. The Kier molecular flexibility index (Phi) is 4.53. The minimum atomic E-state index is -0.221. The van der Waals surface area contributed by atoms with Crippen LogP contribution in [0.25, 0.3) is 0 Å². The number of hydrogen-bond donors (Lipinski definition) is 1. The Morgan fingerprint density at radius 3 is 2.80 bits per heavy atom. The molecule has 0 radical (unpaired) electrons. The normalized spacial score (nSPS) is 10.8. The molecule has 0 aliphatic carbocycles. The molecule has 0 atom stereocenters. The summed E-state index contributed by atoms with van der Waals surface area (Å²) in [6.45, 7) is 4.56. The Hall–Kier alpha value is -2.14. The highest BCUT2D eigenvalue weighted by Gasteiger charge is 2.11. The molecular formula is C15H19N3O2. The van der Waals surface area contributed by atoms with E-state index in [2.05, 4.69) is 10.3 Å². The maximum Gasteiger partial charge on any atom is 0.313 e. The van der Waals surface area contributed by atoms with Crippen LogP contribution in [0.1, 0.15) is 25.5 Å². The van der Waals surface area contributed by atoms with Gasteiger partial charge < -0.3 is 14.6 Å². The van der Waals surface area contributed by atoms with Gasteiger partial charge in [-0.3, -0.25) is 4.79 Å². The van der Waals surface area contributed by atoms with E-state index in [1.165, 1.54) is 0 Å². The minimum absolute atomic E-state index is 0.0698. The molecule has 2 rings (SSSR count). The van der Waals surface area contributed by atoms with Crippen LogP contribution >= 0.6 is 0 Å². The summed E-state index contributed by atoms with van der Waals surface area (Å²) < 4.78 is 7.30. The third-order valence-corrected chi connectivity index (χ3v) is 2.94. The van der Waals surface area contributed by atoms with Crippen molar-refractivity contribution in [3.05, 3.63) is 52.6 Å². The maximum atomic E-state index is 12.2. The molecule has 20 heavy (non-hydrogen) atoms. The zero-order chi connectivity index (χ0) is 14.5. The summed E-state index contributed by atoms with van der Waals surface area (Å²) in [7, 11) is 1.86. The Morgan fingerprint density at radius 1 is 1.35 bits per heavy atom. The molecule has 5 heteroatoms. The fourth-order valence-electron chi connectivity index (χ4n) is 1.93. The molecule has 0 fully saturated rings. The topological polar surface area (TPSA) is 56.1 Å². The zero-order valence-corrected chi connectivity index (χ0v) is 12.0. The van der Waals surface area contributed by atoms with Gasteiger partial charge in [0.1, 0.15) is 5.75 Å². The molecule has 1 aromatic carbocycles. The Balaban J connectivity index is 2.36. The molecule has 0 amide bonds. The van der Waals surface area contributed by atoms with E-state index in [1.807, 2.05) is 45.2 Å². The fourth-order valence-corrected chi connectivity index (χ4v) is 1.93. The number of para-hydroxylation sites is 1. The fraction of sp³-hybridized carbons (Fsp3) is 0.333. The highest BCUT2D eigenvalue weighted by atomic mass is 16.5. The average Bonchev–Trinajstić information content (AvgIpc) is 2.43. The molecule has 1 N–H and O–H groups in total. The molecule has 2 aromatic rings. The minimum Gasteiger partial charge on any atom is -0.434 e. The van der Waals surface area contributed by atoms with E-state index < -0.39 is 0 Å². The second-order valence-electron chi connectivity index (χ2n) is 4.78. The van der Waals surface area contributed by atoms with Crippen molar-refractivity contribution in [3.8, 4) is 11.6 Å². The molecule has 0 aliphatic rings. The lowest BCUT2D eigenvalue weighted by molar-refractivity contribution is 0.431. The largest absolute Gasteiger partial charge is 0.434 e. The van der Waals surface area contributed by atoms with E-state index in [-0.39, 0.29) is 17.5 Å². The number of nitrogens with zero attached hydrogens (tertiary/aromatic N) is 2. The first-order valence-electron chi connectivity index (χ1n) is 6.61. The van der Waals surface area contributed by atoms with E-state index in [4.69, 9.17) is 4.74 Å². The van der Waals surface area contributed by atoms with E-state index >= 15 is 0 Å². The maximum absolute atomic E-state index is 12.2. The van der Waals surface area contributed by atoms with Crippen LogP contribution in [0, 0.1) is 0 Å². The first-order valence-corrected chi connectivity index (χ1v) is 6.61. The van der Waals surface area contributed by atoms with Gasteiger partial charge in [-0.15, -0.1) is 0 Å². The molecule has 0 spiro atoms. The van der Waals surface area contributed by atoms with Crippen LogP contribution in [-0.4, -0.2) is 16.6 Å². The standard InChI is InChI=1S/C15H19N3O2/c1-11(2)18-9-8-17-14(15(18)19)20-13-7-5-4-6-12(13)10-16-3/h4-9,11,16H,10H2,1-3H3. The van der Waals surface area contributed by atoms with Gasteiger partial charge in [0.2, 0.25) is 0 Å². The van der Waals surface area contributed by atoms with Gasteiger partial charge in [0, 0.05) is 30.5 Å². The van der Waals surface area contributed by atoms with Gasteiger partial charge in [0.25, 0.3) is 5.88 Å². The van der Waals surface area contributed by atoms with Crippen molar-refractivity contribution < 1.29 is 4.74 Å². The van der Waals surface area contributed by atoms with Gasteiger partial charge in [0.05, 0.1) is 0 Å². The van der Waals surface area contributed by atoms with Crippen LogP contribution in [0.5, 0.6) is 11.6 Å². The molecule has 0 unspecified atom stereocenters. The smallest absolute Gasteiger partial charge is 0.313 e. The SMILES string of the molecule is CNCc1ccccc1Oc1nccn(C(C)C)c1=O. The van der Waals surface area contributed by atoms with Crippen molar-refractivity contribution in [3.63, 3.8) is 0 Å². The van der Waals surface area contributed by atoms with Gasteiger partial charge in [0.15, 0.2) is 0 Å². The summed E-state index contributed by atoms with van der Waals surface area (Å²) in [6.07, 6.45) is 3.25. The van der Waals surface area contributed by atoms with Crippen LogP contribution in [-0.2, 0) is 6.54 Å². The molecule has 0 aliphatic heterocycles. The second kappa shape index (κ2) is 6.34. The lowest BCUT2D eigenvalue weighted by Crippen LogP contribution is -2.23. The zero-order valence-electron chi connectivity index (χ0n) is 12.0. The number of aromatic nitrogens is 2. The highest BCUT2D eigenvalue weighted by Crippen LogP contribution is 2.21. The molecule has 0 saturated heterocycles. The molecule has 5 nitrogen and oxygen atoms in total. The molecule has 1 aromatic heterocycles. The molecule has 106 valence electrons.